The monoisotopic (exact) mass is 290 g/mol. The first-order valence-electron chi connectivity index (χ1n) is 6.09. The highest BCUT2D eigenvalue weighted by Gasteiger charge is 2.27. The second kappa shape index (κ2) is 6.82. The van der Waals surface area contributed by atoms with Crippen molar-refractivity contribution in [3.8, 4) is 0 Å². The molecule has 1 unspecified atom stereocenters. The average Bonchev–Trinajstić information content (AvgIpc) is 2.38. The van der Waals surface area contributed by atoms with Gasteiger partial charge in [0.2, 0.25) is 0 Å². The van der Waals surface area contributed by atoms with Crippen molar-refractivity contribution >= 4 is 18.3 Å². The van der Waals surface area contributed by atoms with Gasteiger partial charge in [0.1, 0.15) is 11.6 Å². The molecule has 0 aliphatic carbocycles. The summed E-state index contributed by atoms with van der Waals surface area (Å²) in [5, 5.41) is 0. The molecule has 0 aromatic heterocycles. The average molecular weight is 291 g/mol. The van der Waals surface area contributed by atoms with Gasteiger partial charge in [-0.05, 0) is 31.4 Å². The van der Waals surface area contributed by atoms with E-state index in [1.807, 2.05) is 0 Å². The lowest BCUT2D eigenvalue weighted by molar-refractivity contribution is 0.0618. The number of nitrogens with zero attached hydrogens (tertiary/aromatic N) is 1. The van der Waals surface area contributed by atoms with Crippen molar-refractivity contribution < 1.29 is 13.6 Å². The molecule has 0 radical (unpaired) electrons. The second-order valence-corrected chi connectivity index (χ2v) is 4.51. The number of likely N-dealkylation sites (tertiary alicyclic amines) is 1. The van der Waals surface area contributed by atoms with Gasteiger partial charge in [0.05, 0.1) is 5.56 Å². The van der Waals surface area contributed by atoms with E-state index in [2.05, 4.69) is 0 Å². The van der Waals surface area contributed by atoms with Gasteiger partial charge in [-0.1, -0.05) is 0 Å². The fourth-order valence-corrected chi connectivity index (χ4v) is 2.33. The molecule has 2 rings (SSSR count). The molecule has 1 aromatic rings. The fourth-order valence-electron chi connectivity index (χ4n) is 2.33. The minimum Gasteiger partial charge on any atom is -0.334 e. The van der Waals surface area contributed by atoms with E-state index in [0.717, 1.165) is 31.4 Å². The summed E-state index contributed by atoms with van der Waals surface area (Å²) in [5.74, 6) is -1.90. The van der Waals surface area contributed by atoms with Gasteiger partial charge in [0.25, 0.3) is 5.91 Å². The third-order valence-electron chi connectivity index (χ3n) is 3.32. The predicted molar refractivity (Wildman–Crippen MR) is 71.3 cm³/mol. The maximum Gasteiger partial charge on any atom is 0.257 e. The summed E-state index contributed by atoms with van der Waals surface area (Å²) in [6, 6.07) is 2.97. The second-order valence-electron chi connectivity index (χ2n) is 4.51. The van der Waals surface area contributed by atoms with Crippen LogP contribution in [0.4, 0.5) is 8.78 Å². The zero-order chi connectivity index (χ0) is 13.1. The van der Waals surface area contributed by atoms with Gasteiger partial charge in [0, 0.05) is 25.2 Å². The molecule has 1 fully saturated rings. The maximum absolute atomic E-state index is 13.6. The molecule has 19 heavy (non-hydrogen) atoms. The number of hydrogen-bond donors (Lipinski definition) is 1. The largest absolute Gasteiger partial charge is 0.334 e. The number of carbonyl (C=O) groups is 1. The van der Waals surface area contributed by atoms with Crippen molar-refractivity contribution in [3.05, 3.63) is 35.4 Å². The van der Waals surface area contributed by atoms with Crippen molar-refractivity contribution in [2.45, 2.75) is 25.3 Å². The van der Waals surface area contributed by atoms with Gasteiger partial charge in [-0.25, -0.2) is 8.78 Å². The molecule has 106 valence electrons. The van der Waals surface area contributed by atoms with Crippen LogP contribution in [0.3, 0.4) is 0 Å². The van der Waals surface area contributed by atoms with Crippen molar-refractivity contribution in [3.63, 3.8) is 0 Å². The number of carbonyl (C=O) groups excluding carboxylic acids is 1. The molecule has 1 atom stereocenters. The molecule has 0 spiro atoms. The molecule has 6 heteroatoms. The van der Waals surface area contributed by atoms with Crippen LogP contribution in [0.25, 0.3) is 0 Å². The van der Waals surface area contributed by atoms with Crippen LogP contribution in [0.1, 0.15) is 29.6 Å². The van der Waals surface area contributed by atoms with Gasteiger partial charge >= 0.3 is 0 Å². The first kappa shape index (κ1) is 15.9. The van der Waals surface area contributed by atoms with E-state index in [9.17, 15) is 13.6 Å². The smallest absolute Gasteiger partial charge is 0.257 e. The van der Waals surface area contributed by atoms with E-state index < -0.39 is 17.5 Å². The molecule has 1 saturated heterocycles. The topological polar surface area (TPSA) is 46.3 Å². The molecule has 1 aliphatic rings. The maximum atomic E-state index is 13.6. The highest BCUT2D eigenvalue weighted by molar-refractivity contribution is 5.94. The van der Waals surface area contributed by atoms with Crippen LogP contribution in [-0.4, -0.2) is 29.9 Å². The number of benzene rings is 1. The Hall–Kier alpha value is -1.20. The molecular weight excluding hydrogens is 274 g/mol. The summed E-state index contributed by atoms with van der Waals surface area (Å²) in [5.41, 5.74) is 5.54. The van der Waals surface area contributed by atoms with E-state index in [4.69, 9.17) is 5.73 Å². The Morgan fingerprint density at radius 1 is 1.37 bits per heavy atom. The lowest BCUT2D eigenvalue weighted by Crippen LogP contribution is -2.47. The van der Waals surface area contributed by atoms with E-state index in [1.54, 1.807) is 4.90 Å². The van der Waals surface area contributed by atoms with Crippen LogP contribution in [0.2, 0.25) is 0 Å². The minimum absolute atomic E-state index is 0. The van der Waals surface area contributed by atoms with E-state index in [0.29, 0.717) is 13.1 Å². The summed E-state index contributed by atoms with van der Waals surface area (Å²) in [6.45, 7) is 0.950. The number of piperidine rings is 1. The predicted octanol–water partition coefficient (Wildman–Crippen LogP) is 2.34. The third-order valence-corrected chi connectivity index (χ3v) is 3.32. The first-order valence-corrected chi connectivity index (χ1v) is 6.09. The molecule has 1 aromatic carbocycles. The van der Waals surface area contributed by atoms with Crippen molar-refractivity contribution in [2.24, 2.45) is 5.73 Å². The van der Waals surface area contributed by atoms with E-state index in [-0.39, 0.29) is 24.0 Å². The van der Waals surface area contributed by atoms with Gasteiger partial charge in [0.15, 0.2) is 0 Å². The minimum atomic E-state index is -0.818. The molecular formula is C13H17ClF2N2O. The fraction of sp³-hybridized carbons (Fsp3) is 0.462. The van der Waals surface area contributed by atoms with Crippen molar-refractivity contribution in [2.75, 3.05) is 13.1 Å². The molecule has 0 saturated carbocycles. The zero-order valence-electron chi connectivity index (χ0n) is 10.4. The Balaban J connectivity index is 0.00000180. The number of nitrogens with two attached hydrogens (primary N) is 1. The summed E-state index contributed by atoms with van der Waals surface area (Å²) in [4.78, 5) is 13.8. The summed E-state index contributed by atoms with van der Waals surface area (Å²) in [6.07, 6.45) is 2.76. The lowest BCUT2D eigenvalue weighted by atomic mass is 10.0. The Morgan fingerprint density at radius 3 is 2.74 bits per heavy atom. The molecule has 0 bridgehead atoms. The Morgan fingerprint density at radius 2 is 2.11 bits per heavy atom. The Bertz CT molecular complexity index is 456. The van der Waals surface area contributed by atoms with Crippen molar-refractivity contribution in [1.82, 2.24) is 4.90 Å². The Labute approximate surface area is 117 Å². The SMILES string of the molecule is Cl.NCC1CCCCN1C(=O)c1ccc(F)cc1F. The quantitative estimate of drug-likeness (QED) is 0.909. The number of hydrogen-bond acceptors (Lipinski definition) is 2. The van der Waals surface area contributed by atoms with E-state index in [1.165, 1.54) is 6.07 Å². The summed E-state index contributed by atoms with van der Waals surface area (Å²) < 4.78 is 26.4. The van der Waals surface area contributed by atoms with Crippen LogP contribution in [0.5, 0.6) is 0 Å². The highest BCUT2D eigenvalue weighted by atomic mass is 35.5. The molecule has 3 nitrogen and oxygen atoms in total. The van der Waals surface area contributed by atoms with Gasteiger partial charge in [-0.3, -0.25) is 4.79 Å². The number of rotatable bonds is 2. The number of halogens is 3. The third kappa shape index (κ3) is 3.42. The van der Waals surface area contributed by atoms with Crippen LogP contribution >= 0.6 is 12.4 Å². The molecule has 1 amide bonds. The van der Waals surface area contributed by atoms with Crippen LogP contribution in [-0.2, 0) is 0 Å². The summed E-state index contributed by atoms with van der Waals surface area (Å²) >= 11 is 0. The van der Waals surface area contributed by atoms with Gasteiger partial charge < -0.3 is 10.6 Å². The van der Waals surface area contributed by atoms with Gasteiger partial charge in [-0.2, -0.15) is 0 Å². The number of amides is 1. The lowest BCUT2D eigenvalue weighted by Gasteiger charge is -2.35. The molecule has 1 aliphatic heterocycles. The van der Waals surface area contributed by atoms with Crippen molar-refractivity contribution in [1.29, 1.82) is 0 Å². The first-order chi connectivity index (χ1) is 8.63. The summed E-state index contributed by atoms with van der Waals surface area (Å²) in [7, 11) is 0. The van der Waals surface area contributed by atoms with Crippen LogP contribution in [0, 0.1) is 11.6 Å². The van der Waals surface area contributed by atoms with Gasteiger partial charge in [-0.15, -0.1) is 12.4 Å². The normalized spacial score (nSPS) is 18.9. The highest BCUT2D eigenvalue weighted by Crippen LogP contribution is 2.20. The molecule has 1 heterocycles. The molecule has 2 N–H and O–H groups in total. The van der Waals surface area contributed by atoms with Crippen LogP contribution < -0.4 is 5.73 Å². The Kier molecular flexibility index (Phi) is 5.69. The van der Waals surface area contributed by atoms with Crippen LogP contribution in [0.15, 0.2) is 18.2 Å². The zero-order valence-corrected chi connectivity index (χ0v) is 11.3. The standard InChI is InChI=1S/C13H16F2N2O.ClH/c14-9-4-5-11(12(15)7-9)13(18)17-6-2-1-3-10(17)8-16;/h4-5,7,10H,1-3,6,8,16H2;1H. The van der Waals surface area contributed by atoms with E-state index >= 15 is 0 Å².